The average molecular weight is 451 g/mol. The van der Waals surface area contributed by atoms with Crippen LogP contribution < -0.4 is 25.1 Å². The zero-order valence-corrected chi connectivity index (χ0v) is 17.8. The first-order valence-electron chi connectivity index (χ1n) is 8.60. The predicted molar refractivity (Wildman–Crippen MR) is 109 cm³/mol. The molecule has 0 atom stereocenters. The first kappa shape index (κ1) is 21.6. The second-order valence-corrected chi connectivity index (χ2v) is 7.24. The van der Waals surface area contributed by atoms with Crippen LogP contribution in [0, 0.1) is 5.92 Å². The third-order valence-corrected chi connectivity index (χ3v) is 4.19. The number of rotatable bonds is 7. The molecule has 0 fully saturated rings. The van der Waals surface area contributed by atoms with Crippen molar-refractivity contribution >= 4 is 27.7 Å². The highest BCUT2D eigenvalue weighted by molar-refractivity contribution is 9.10. The van der Waals surface area contributed by atoms with E-state index in [-0.39, 0.29) is 0 Å². The number of nitrogens with one attached hydrogen (secondary N) is 2. The Hall–Kier alpha value is -2.74. The Balaban J connectivity index is 2.09. The Morgan fingerprint density at radius 1 is 0.929 bits per heavy atom. The summed E-state index contributed by atoms with van der Waals surface area (Å²) in [6.45, 7) is 4.50. The summed E-state index contributed by atoms with van der Waals surface area (Å²) >= 11 is 3.34. The first-order chi connectivity index (χ1) is 13.3. The van der Waals surface area contributed by atoms with Gasteiger partial charge in [-0.05, 0) is 42.3 Å². The number of hydrogen-bond acceptors (Lipinski definition) is 5. The van der Waals surface area contributed by atoms with Gasteiger partial charge in [0.2, 0.25) is 0 Å². The topological polar surface area (TPSA) is 85.9 Å². The maximum atomic E-state index is 12.6. The van der Waals surface area contributed by atoms with Gasteiger partial charge in [-0.2, -0.15) is 0 Å². The zero-order valence-electron chi connectivity index (χ0n) is 16.2. The van der Waals surface area contributed by atoms with Crippen LogP contribution in [0.1, 0.15) is 34.6 Å². The lowest BCUT2D eigenvalue weighted by Gasteiger charge is -2.14. The smallest absolute Gasteiger partial charge is 0.273 e. The molecule has 2 aromatic carbocycles. The lowest BCUT2D eigenvalue weighted by atomic mass is 10.2. The molecule has 0 aromatic heterocycles. The molecule has 0 heterocycles. The van der Waals surface area contributed by atoms with E-state index in [0.717, 1.165) is 4.47 Å². The second kappa shape index (κ2) is 9.98. The molecule has 2 aromatic rings. The number of carbonyl (C=O) groups is 2. The summed E-state index contributed by atoms with van der Waals surface area (Å²) in [5.41, 5.74) is 5.42. The van der Waals surface area contributed by atoms with Gasteiger partial charge in [-0.1, -0.05) is 29.8 Å². The van der Waals surface area contributed by atoms with Gasteiger partial charge >= 0.3 is 0 Å². The minimum atomic E-state index is -0.492. The SMILES string of the molecule is COc1ccc(C(=O)NNC(=O)c2cc(Br)ccc2OCC(C)C)cc1OC. The third-order valence-electron chi connectivity index (χ3n) is 3.69. The molecule has 8 heteroatoms. The number of hydrazine groups is 1. The number of amides is 2. The number of halogens is 1. The highest BCUT2D eigenvalue weighted by atomic mass is 79.9. The van der Waals surface area contributed by atoms with Crippen LogP contribution in [0.3, 0.4) is 0 Å². The average Bonchev–Trinajstić information content (AvgIpc) is 2.69. The van der Waals surface area contributed by atoms with Crippen LogP contribution in [0.15, 0.2) is 40.9 Å². The Bertz CT molecular complexity index is 854. The Morgan fingerprint density at radius 3 is 2.21 bits per heavy atom. The Morgan fingerprint density at radius 2 is 1.57 bits per heavy atom. The lowest BCUT2D eigenvalue weighted by Crippen LogP contribution is -2.41. The fourth-order valence-corrected chi connectivity index (χ4v) is 2.65. The molecular formula is C20H23BrN2O5. The van der Waals surface area contributed by atoms with Gasteiger partial charge in [-0.15, -0.1) is 0 Å². The summed E-state index contributed by atoms with van der Waals surface area (Å²) in [6, 6.07) is 9.83. The van der Waals surface area contributed by atoms with E-state index in [2.05, 4.69) is 26.8 Å². The first-order valence-corrected chi connectivity index (χ1v) is 9.40. The Kier molecular flexibility index (Phi) is 7.69. The number of ether oxygens (including phenoxy) is 3. The summed E-state index contributed by atoms with van der Waals surface area (Å²) in [4.78, 5) is 24.9. The van der Waals surface area contributed by atoms with E-state index in [1.165, 1.54) is 20.3 Å². The molecule has 0 aliphatic rings. The van der Waals surface area contributed by atoms with Crippen molar-refractivity contribution in [2.24, 2.45) is 5.92 Å². The molecule has 0 saturated carbocycles. The van der Waals surface area contributed by atoms with Gasteiger partial charge in [0.05, 0.1) is 26.4 Å². The lowest BCUT2D eigenvalue weighted by molar-refractivity contribution is 0.0843. The predicted octanol–water partition coefficient (Wildman–Crippen LogP) is 3.58. The van der Waals surface area contributed by atoms with Crippen molar-refractivity contribution in [1.29, 1.82) is 0 Å². The van der Waals surface area contributed by atoms with Crippen molar-refractivity contribution in [3.8, 4) is 17.2 Å². The second-order valence-electron chi connectivity index (χ2n) is 6.32. The van der Waals surface area contributed by atoms with Crippen LogP contribution in [0.25, 0.3) is 0 Å². The summed E-state index contributed by atoms with van der Waals surface area (Å²) in [5.74, 6) is 0.684. The molecule has 28 heavy (non-hydrogen) atoms. The number of hydrogen-bond donors (Lipinski definition) is 2. The normalized spacial score (nSPS) is 10.4. The van der Waals surface area contributed by atoms with E-state index in [1.54, 1.807) is 30.3 Å². The zero-order chi connectivity index (χ0) is 20.7. The van der Waals surface area contributed by atoms with Gasteiger partial charge in [-0.25, -0.2) is 0 Å². The molecule has 7 nitrogen and oxygen atoms in total. The van der Waals surface area contributed by atoms with Gasteiger partial charge in [0.15, 0.2) is 11.5 Å². The minimum Gasteiger partial charge on any atom is -0.493 e. The van der Waals surface area contributed by atoms with Gasteiger partial charge in [0.25, 0.3) is 11.8 Å². The van der Waals surface area contributed by atoms with Crippen molar-refractivity contribution in [3.63, 3.8) is 0 Å². The summed E-state index contributed by atoms with van der Waals surface area (Å²) in [7, 11) is 2.99. The standard InChI is InChI=1S/C20H23BrN2O5/c1-12(2)11-28-16-8-6-14(21)10-15(16)20(25)23-22-19(24)13-5-7-17(26-3)18(9-13)27-4/h5-10,12H,11H2,1-4H3,(H,22,24)(H,23,25). The molecule has 2 N–H and O–H groups in total. The molecule has 150 valence electrons. The molecule has 0 radical (unpaired) electrons. The molecule has 0 bridgehead atoms. The van der Waals surface area contributed by atoms with Gasteiger partial charge in [0.1, 0.15) is 5.75 Å². The van der Waals surface area contributed by atoms with E-state index in [0.29, 0.717) is 40.9 Å². The molecule has 2 amide bonds. The maximum Gasteiger partial charge on any atom is 0.273 e. The van der Waals surface area contributed by atoms with Crippen LogP contribution in [0.4, 0.5) is 0 Å². The van der Waals surface area contributed by atoms with Gasteiger partial charge in [0, 0.05) is 10.0 Å². The van der Waals surface area contributed by atoms with Gasteiger partial charge in [-0.3, -0.25) is 20.4 Å². The van der Waals surface area contributed by atoms with Crippen LogP contribution >= 0.6 is 15.9 Å². The summed E-state index contributed by atoms with van der Waals surface area (Å²) < 4.78 is 16.7. The van der Waals surface area contributed by atoms with Gasteiger partial charge < -0.3 is 14.2 Å². The highest BCUT2D eigenvalue weighted by Gasteiger charge is 2.16. The highest BCUT2D eigenvalue weighted by Crippen LogP contribution is 2.27. The van der Waals surface area contributed by atoms with E-state index >= 15 is 0 Å². The van der Waals surface area contributed by atoms with Crippen molar-refractivity contribution in [3.05, 3.63) is 52.0 Å². The molecule has 0 spiro atoms. The molecule has 0 aliphatic carbocycles. The Labute approximate surface area is 172 Å². The molecule has 0 aliphatic heterocycles. The monoisotopic (exact) mass is 450 g/mol. The van der Waals surface area contributed by atoms with Crippen molar-refractivity contribution in [1.82, 2.24) is 10.9 Å². The molecule has 0 saturated heterocycles. The molecule has 2 rings (SSSR count). The van der Waals surface area contributed by atoms with Crippen LogP contribution in [-0.4, -0.2) is 32.6 Å². The number of carbonyl (C=O) groups excluding carboxylic acids is 2. The van der Waals surface area contributed by atoms with E-state index in [9.17, 15) is 9.59 Å². The quantitative estimate of drug-likeness (QED) is 0.629. The number of benzene rings is 2. The summed E-state index contributed by atoms with van der Waals surface area (Å²) in [5, 5.41) is 0. The number of methoxy groups -OCH3 is 2. The van der Waals surface area contributed by atoms with Crippen LogP contribution in [0.2, 0.25) is 0 Å². The fourth-order valence-electron chi connectivity index (χ4n) is 2.29. The van der Waals surface area contributed by atoms with Crippen molar-refractivity contribution in [2.45, 2.75) is 13.8 Å². The van der Waals surface area contributed by atoms with Crippen LogP contribution in [-0.2, 0) is 0 Å². The van der Waals surface area contributed by atoms with E-state index in [4.69, 9.17) is 14.2 Å². The molecule has 0 unspecified atom stereocenters. The maximum absolute atomic E-state index is 12.6. The van der Waals surface area contributed by atoms with E-state index in [1.807, 2.05) is 13.8 Å². The minimum absolute atomic E-state index is 0.308. The largest absolute Gasteiger partial charge is 0.493 e. The van der Waals surface area contributed by atoms with Crippen molar-refractivity contribution < 1.29 is 23.8 Å². The summed E-state index contributed by atoms with van der Waals surface area (Å²) in [6.07, 6.45) is 0. The van der Waals surface area contributed by atoms with E-state index < -0.39 is 11.8 Å². The fraction of sp³-hybridized carbons (Fsp3) is 0.300. The van der Waals surface area contributed by atoms with Crippen LogP contribution in [0.5, 0.6) is 17.2 Å². The molecular weight excluding hydrogens is 428 g/mol. The third kappa shape index (κ3) is 5.63. The van der Waals surface area contributed by atoms with Crippen molar-refractivity contribution in [2.75, 3.05) is 20.8 Å².